The molecular formula is C25H20F5N3O3S. The number of aromatic nitrogens is 2. The van der Waals surface area contributed by atoms with E-state index in [9.17, 15) is 30.4 Å². The molecule has 6 nitrogen and oxygen atoms in total. The van der Waals surface area contributed by atoms with Gasteiger partial charge in [-0.3, -0.25) is 4.72 Å². The van der Waals surface area contributed by atoms with E-state index in [2.05, 4.69) is 19.4 Å². The van der Waals surface area contributed by atoms with Gasteiger partial charge in [-0.2, -0.15) is 22.0 Å². The number of anilines is 1. The molecule has 0 aliphatic heterocycles. The zero-order valence-corrected chi connectivity index (χ0v) is 20.0. The van der Waals surface area contributed by atoms with Gasteiger partial charge in [0, 0.05) is 5.56 Å². The van der Waals surface area contributed by atoms with Crippen molar-refractivity contribution in [2.24, 2.45) is 0 Å². The molecule has 0 unspecified atom stereocenters. The second-order valence-electron chi connectivity index (χ2n) is 8.17. The van der Waals surface area contributed by atoms with Crippen molar-refractivity contribution in [1.29, 1.82) is 0 Å². The number of nitrogens with one attached hydrogen (secondary N) is 2. The number of hydrogen-bond acceptors (Lipinski definition) is 4. The third kappa shape index (κ3) is 6.45. The summed E-state index contributed by atoms with van der Waals surface area (Å²) in [6, 6.07) is 18.0. The van der Waals surface area contributed by atoms with Gasteiger partial charge in [-0.1, -0.05) is 42.5 Å². The van der Waals surface area contributed by atoms with E-state index >= 15 is 0 Å². The fourth-order valence-electron chi connectivity index (χ4n) is 3.40. The van der Waals surface area contributed by atoms with Crippen LogP contribution in [0.1, 0.15) is 11.4 Å². The van der Waals surface area contributed by atoms with E-state index in [1.807, 2.05) is 18.2 Å². The van der Waals surface area contributed by atoms with Crippen molar-refractivity contribution in [3.8, 4) is 16.9 Å². The number of ether oxygens (including phenoxy) is 1. The second-order valence-corrected chi connectivity index (χ2v) is 9.92. The lowest BCUT2D eigenvalue weighted by Gasteiger charge is -2.19. The van der Waals surface area contributed by atoms with Gasteiger partial charge in [-0.05, 0) is 47.5 Å². The molecule has 37 heavy (non-hydrogen) atoms. The van der Waals surface area contributed by atoms with Crippen LogP contribution in [0.25, 0.3) is 34.3 Å². The van der Waals surface area contributed by atoms with Crippen LogP contribution < -0.4 is 9.46 Å². The van der Waals surface area contributed by atoms with Gasteiger partial charge in [0.1, 0.15) is 11.6 Å². The Morgan fingerprint density at radius 3 is 2.35 bits per heavy atom. The van der Waals surface area contributed by atoms with Gasteiger partial charge in [-0.25, -0.2) is 13.4 Å². The first-order chi connectivity index (χ1) is 17.3. The van der Waals surface area contributed by atoms with Crippen molar-refractivity contribution in [2.75, 3.05) is 17.6 Å². The number of sulfonamides is 1. The minimum Gasteiger partial charge on any atom is -0.487 e. The summed E-state index contributed by atoms with van der Waals surface area (Å²) < 4.78 is 93.2. The minimum atomic E-state index is -5.68. The molecule has 4 aromatic rings. The number of alkyl halides is 5. The van der Waals surface area contributed by atoms with Crippen LogP contribution in [-0.4, -0.2) is 43.3 Å². The highest BCUT2D eigenvalue weighted by molar-refractivity contribution is 7.92. The van der Waals surface area contributed by atoms with Crippen LogP contribution in [-0.2, 0) is 10.0 Å². The molecule has 0 fully saturated rings. The van der Waals surface area contributed by atoms with E-state index in [4.69, 9.17) is 0 Å². The molecule has 4 rings (SSSR count). The number of halogens is 5. The van der Waals surface area contributed by atoms with E-state index in [1.165, 1.54) is 24.3 Å². The Balaban J connectivity index is 1.48. The summed E-state index contributed by atoms with van der Waals surface area (Å²) in [6.07, 6.45) is -1.25. The average molecular weight is 538 g/mol. The maximum Gasteiger partial charge on any atom is 0.456 e. The summed E-state index contributed by atoms with van der Waals surface area (Å²) in [6.45, 7) is -1.80. The zero-order valence-electron chi connectivity index (χ0n) is 19.2. The van der Waals surface area contributed by atoms with E-state index < -0.39 is 28.7 Å². The number of benzene rings is 3. The number of imidazole rings is 1. The van der Waals surface area contributed by atoms with Crippen LogP contribution in [0.4, 0.5) is 27.6 Å². The molecule has 0 radical (unpaired) electrons. The topological polar surface area (TPSA) is 84.1 Å². The SMILES string of the molecule is CS(=O)(=O)Nc1ccccc1-c1ccc2[nH]c(C=Cc3ccc(OCC(F)(F)C(F)(F)F)cc3)nc2c1. The molecule has 0 saturated carbocycles. The predicted octanol–water partition coefficient (Wildman–Crippen LogP) is 6.35. The lowest BCUT2D eigenvalue weighted by atomic mass is 10.0. The highest BCUT2D eigenvalue weighted by Gasteiger charge is 2.58. The molecule has 0 aliphatic rings. The van der Waals surface area contributed by atoms with Crippen LogP contribution in [0.2, 0.25) is 0 Å². The normalized spacial score (nSPS) is 12.8. The smallest absolute Gasteiger partial charge is 0.456 e. The van der Waals surface area contributed by atoms with Crippen molar-refractivity contribution in [3.05, 3.63) is 78.1 Å². The van der Waals surface area contributed by atoms with Crippen molar-refractivity contribution in [3.63, 3.8) is 0 Å². The maximum atomic E-state index is 13.0. The van der Waals surface area contributed by atoms with Crippen LogP contribution in [0.15, 0.2) is 66.7 Å². The summed E-state index contributed by atoms with van der Waals surface area (Å²) in [5, 5.41) is 0. The van der Waals surface area contributed by atoms with Gasteiger partial charge in [0.25, 0.3) is 0 Å². The fraction of sp³-hybridized carbons (Fsp3) is 0.160. The Bertz CT molecular complexity index is 1550. The molecule has 12 heteroatoms. The summed E-state index contributed by atoms with van der Waals surface area (Å²) >= 11 is 0. The van der Waals surface area contributed by atoms with Gasteiger partial charge in [0.05, 0.1) is 23.0 Å². The Morgan fingerprint density at radius 2 is 1.68 bits per heavy atom. The van der Waals surface area contributed by atoms with Gasteiger partial charge in [0.15, 0.2) is 6.61 Å². The fourth-order valence-corrected chi connectivity index (χ4v) is 3.98. The number of para-hydroxylation sites is 1. The van der Waals surface area contributed by atoms with E-state index in [1.54, 1.807) is 36.4 Å². The van der Waals surface area contributed by atoms with Crippen molar-refractivity contribution in [1.82, 2.24) is 9.97 Å². The largest absolute Gasteiger partial charge is 0.487 e. The number of rotatable bonds is 8. The molecule has 0 amide bonds. The summed E-state index contributed by atoms with van der Waals surface area (Å²) in [5.41, 5.74) is 3.90. The third-order valence-corrected chi connectivity index (χ3v) is 5.77. The first-order valence-corrected chi connectivity index (χ1v) is 12.6. The van der Waals surface area contributed by atoms with Crippen LogP contribution in [0.3, 0.4) is 0 Å². The van der Waals surface area contributed by atoms with E-state index in [0.29, 0.717) is 28.2 Å². The Morgan fingerprint density at radius 1 is 0.973 bits per heavy atom. The summed E-state index contributed by atoms with van der Waals surface area (Å²) in [4.78, 5) is 7.66. The van der Waals surface area contributed by atoms with E-state index in [-0.39, 0.29) is 5.75 Å². The average Bonchev–Trinajstić information content (AvgIpc) is 3.23. The Labute approximate surface area is 208 Å². The standard InChI is InChI=1S/C25H20F5N3O3S/c1-37(34,35)33-20-5-3-2-4-19(20)17-9-12-21-22(14-17)32-23(31-21)13-8-16-6-10-18(11-7-16)36-15-24(26,27)25(28,29)30/h2-14,33H,15H2,1H3,(H,31,32). The number of aromatic amines is 1. The lowest BCUT2D eigenvalue weighted by Crippen LogP contribution is -2.41. The molecule has 0 aliphatic carbocycles. The second kappa shape index (κ2) is 9.85. The minimum absolute atomic E-state index is 0.122. The van der Waals surface area contributed by atoms with Crippen LogP contribution in [0, 0.1) is 0 Å². The van der Waals surface area contributed by atoms with Crippen molar-refractivity contribution < 1.29 is 35.1 Å². The molecule has 2 N–H and O–H groups in total. The number of hydrogen-bond donors (Lipinski definition) is 2. The van der Waals surface area contributed by atoms with E-state index in [0.717, 1.165) is 17.3 Å². The molecule has 194 valence electrons. The number of nitrogens with zero attached hydrogens (tertiary/aromatic N) is 1. The number of fused-ring (bicyclic) bond motifs is 1. The summed E-state index contributed by atoms with van der Waals surface area (Å²) in [7, 11) is -3.47. The quantitative estimate of drug-likeness (QED) is 0.257. The molecule has 0 saturated heterocycles. The zero-order chi connectivity index (χ0) is 26.8. The molecule has 0 atom stereocenters. The summed E-state index contributed by atoms with van der Waals surface area (Å²) in [5.74, 6) is -4.55. The molecule has 0 spiro atoms. The highest BCUT2D eigenvalue weighted by atomic mass is 32.2. The van der Waals surface area contributed by atoms with Crippen LogP contribution >= 0.6 is 0 Å². The Hall–Kier alpha value is -3.93. The van der Waals surface area contributed by atoms with Crippen molar-refractivity contribution in [2.45, 2.75) is 12.1 Å². The molecule has 0 bridgehead atoms. The van der Waals surface area contributed by atoms with Gasteiger partial charge < -0.3 is 9.72 Å². The molecule has 1 heterocycles. The van der Waals surface area contributed by atoms with Gasteiger partial charge >= 0.3 is 12.1 Å². The predicted molar refractivity (Wildman–Crippen MR) is 132 cm³/mol. The Kier molecular flexibility index (Phi) is 6.96. The maximum absolute atomic E-state index is 13.0. The molecule has 1 aromatic heterocycles. The van der Waals surface area contributed by atoms with Gasteiger partial charge in [0.2, 0.25) is 10.0 Å². The first-order valence-electron chi connectivity index (χ1n) is 10.7. The number of H-pyrrole nitrogens is 1. The third-order valence-electron chi connectivity index (χ3n) is 5.18. The lowest BCUT2D eigenvalue weighted by molar-refractivity contribution is -0.290. The highest BCUT2D eigenvalue weighted by Crippen LogP contribution is 2.36. The van der Waals surface area contributed by atoms with Crippen molar-refractivity contribution >= 4 is 38.9 Å². The monoisotopic (exact) mass is 537 g/mol. The van der Waals surface area contributed by atoms with Crippen LogP contribution in [0.5, 0.6) is 5.75 Å². The molecule has 3 aromatic carbocycles. The first kappa shape index (κ1) is 26.1. The molecular weight excluding hydrogens is 517 g/mol. The van der Waals surface area contributed by atoms with Gasteiger partial charge in [-0.15, -0.1) is 0 Å².